The number of halogens is 3. The fourth-order valence-corrected chi connectivity index (χ4v) is 3.53. The normalized spacial score (nSPS) is 17.4. The summed E-state index contributed by atoms with van der Waals surface area (Å²) in [6, 6.07) is 9.89. The maximum absolute atomic E-state index is 13.5. The van der Waals surface area contributed by atoms with Crippen molar-refractivity contribution in [1.82, 2.24) is 4.90 Å². The van der Waals surface area contributed by atoms with Crippen molar-refractivity contribution in [1.29, 1.82) is 0 Å². The van der Waals surface area contributed by atoms with Crippen LogP contribution in [0.1, 0.15) is 24.1 Å². The first-order valence-electron chi connectivity index (χ1n) is 7.72. The molecule has 0 saturated heterocycles. The monoisotopic (exact) mass is 366 g/mol. The first kappa shape index (κ1) is 17.2. The number of fused-ring (bicyclic) bond motifs is 1. The molecule has 1 unspecified atom stereocenters. The molecule has 0 saturated carbocycles. The summed E-state index contributed by atoms with van der Waals surface area (Å²) in [5.74, 6) is -0.452. The molecule has 3 rings (SSSR count). The molecule has 1 heterocycles. The summed E-state index contributed by atoms with van der Waals surface area (Å²) in [5, 5.41) is 3.56. The van der Waals surface area contributed by atoms with E-state index in [1.807, 2.05) is 17.9 Å². The lowest BCUT2D eigenvalue weighted by Crippen LogP contribution is -2.39. The van der Waals surface area contributed by atoms with Gasteiger partial charge in [-0.25, -0.2) is 4.39 Å². The third kappa shape index (κ3) is 3.56. The molecule has 24 heavy (non-hydrogen) atoms. The van der Waals surface area contributed by atoms with Crippen molar-refractivity contribution >= 4 is 34.8 Å². The molecule has 0 aliphatic carbocycles. The van der Waals surface area contributed by atoms with Crippen LogP contribution in [0.15, 0.2) is 36.4 Å². The molecule has 1 aliphatic heterocycles. The van der Waals surface area contributed by atoms with Crippen LogP contribution in [0.3, 0.4) is 0 Å². The number of benzene rings is 2. The molecule has 1 amide bonds. The third-order valence-corrected chi connectivity index (χ3v) is 4.98. The molecular weight excluding hydrogens is 350 g/mol. The lowest BCUT2D eigenvalue weighted by Gasteiger charge is -2.34. The van der Waals surface area contributed by atoms with Gasteiger partial charge in [-0.15, -0.1) is 0 Å². The van der Waals surface area contributed by atoms with E-state index in [1.54, 1.807) is 24.3 Å². The zero-order valence-corrected chi connectivity index (χ0v) is 14.7. The molecule has 2 aromatic carbocycles. The van der Waals surface area contributed by atoms with Crippen molar-refractivity contribution in [3.8, 4) is 0 Å². The van der Waals surface area contributed by atoms with Crippen molar-refractivity contribution in [2.24, 2.45) is 0 Å². The van der Waals surface area contributed by atoms with Crippen LogP contribution in [0.2, 0.25) is 10.0 Å². The van der Waals surface area contributed by atoms with Gasteiger partial charge in [0.15, 0.2) is 0 Å². The zero-order valence-electron chi connectivity index (χ0n) is 13.2. The Morgan fingerprint density at radius 3 is 2.71 bits per heavy atom. The average molecular weight is 367 g/mol. The summed E-state index contributed by atoms with van der Waals surface area (Å²) < 4.78 is 13.5. The molecule has 126 valence electrons. The van der Waals surface area contributed by atoms with Gasteiger partial charge >= 0.3 is 0 Å². The Morgan fingerprint density at radius 2 is 2.00 bits per heavy atom. The average Bonchev–Trinajstić information content (AvgIpc) is 2.54. The fourth-order valence-electron chi connectivity index (χ4n) is 3.03. The Morgan fingerprint density at radius 1 is 1.29 bits per heavy atom. The molecule has 0 bridgehead atoms. The number of nitrogens with one attached hydrogen (secondary N) is 1. The van der Waals surface area contributed by atoms with E-state index in [0.29, 0.717) is 15.7 Å². The van der Waals surface area contributed by atoms with Crippen LogP contribution in [-0.2, 0) is 11.2 Å². The van der Waals surface area contributed by atoms with Gasteiger partial charge in [-0.05, 0) is 48.7 Å². The molecular formula is C18H17Cl2FN2O. The minimum atomic E-state index is -0.255. The number of hydrogen-bond acceptors (Lipinski definition) is 2. The van der Waals surface area contributed by atoms with E-state index in [2.05, 4.69) is 5.32 Å². The smallest absolute Gasteiger partial charge is 0.238 e. The van der Waals surface area contributed by atoms with Gasteiger partial charge in [0, 0.05) is 12.6 Å². The van der Waals surface area contributed by atoms with E-state index in [9.17, 15) is 9.18 Å². The second-order valence-electron chi connectivity index (χ2n) is 5.88. The first-order valence-corrected chi connectivity index (χ1v) is 8.47. The van der Waals surface area contributed by atoms with Crippen molar-refractivity contribution in [2.45, 2.75) is 19.4 Å². The van der Waals surface area contributed by atoms with Crippen LogP contribution in [-0.4, -0.2) is 23.9 Å². The van der Waals surface area contributed by atoms with Gasteiger partial charge in [-0.1, -0.05) is 35.3 Å². The molecule has 1 aliphatic rings. The summed E-state index contributed by atoms with van der Waals surface area (Å²) >= 11 is 12.1. The Bertz CT molecular complexity index is 761. The standard InChI is InChI=1S/C18H17Cl2FN2O/c1-11-14-9-13(21)6-5-12(14)7-8-23(11)10-17(24)22-18-15(19)3-2-4-16(18)20/h2-6,9,11H,7-8,10H2,1H3,(H,22,24). The second-order valence-corrected chi connectivity index (χ2v) is 6.70. The largest absolute Gasteiger partial charge is 0.322 e. The molecule has 0 aromatic heterocycles. The molecule has 1 atom stereocenters. The van der Waals surface area contributed by atoms with Crippen molar-refractivity contribution in [2.75, 3.05) is 18.4 Å². The second kappa shape index (κ2) is 7.09. The van der Waals surface area contributed by atoms with Crippen LogP contribution >= 0.6 is 23.2 Å². The van der Waals surface area contributed by atoms with Gasteiger partial charge in [-0.3, -0.25) is 9.69 Å². The highest BCUT2D eigenvalue weighted by molar-refractivity contribution is 6.39. The maximum atomic E-state index is 13.5. The summed E-state index contributed by atoms with van der Waals surface area (Å²) in [6.07, 6.45) is 0.792. The van der Waals surface area contributed by atoms with Crippen molar-refractivity contribution < 1.29 is 9.18 Å². The van der Waals surface area contributed by atoms with Crippen molar-refractivity contribution in [3.05, 3.63) is 63.4 Å². The number of para-hydroxylation sites is 1. The number of carbonyl (C=O) groups is 1. The van der Waals surface area contributed by atoms with E-state index in [4.69, 9.17) is 23.2 Å². The van der Waals surface area contributed by atoms with Gasteiger partial charge in [-0.2, -0.15) is 0 Å². The molecule has 0 fully saturated rings. The van der Waals surface area contributed by atoms with Crippen LogP contribution in [0, 0.1) is 5.82 Å². The summed E-state index contributed by atoms with van der Waals surface area (Å²) in [7, 11) is 0. The van der Waals surface area contributed by atoms with Gasteiger partial charge in [0.2, 0.25) is 5.91 Å². The highest BCUT2D eigenvalue weighted by Gasteiger charge is 2.26. The van der Waals surface area contributed by atoms with Crippen LogP contribution in [0.25, 0.3) is 0 Å². The van der Waals surface area contributed by atoms with E-state index in [1.165, 1.54) is 6.07 Å². The van der Waals surface area contributed by atoms with E-state index < -0.39 is 0 Å². The van der Waals surface area contributed by atoms with Gasteiger partial charge in [0.25, 0.3) is 0 Å². The molecule has 6 heteroatoms. The number of rotatable bonds is 3. The molecule has 0 spiro atoms. The Labute approximate surface area is 150 Å². The fraction of sp³-hybridized carbons (Fsp3) is 0.278. The van der Waals surface area contributed by atoms with Gasteiger partial charge < -0.3 is 5.32 Å². The molecule has 2 aromatic rings. The van der Waals surface area contributed by atoms with Crippen molar-refractivity contribution in [3.63, 3.8) is 0 Å². The summed E-state index contributed by atoms with van der Waals surface area (Å²) in [5.41, 5.74) is 2.49. The summed E-state index contributed by atoms with van der Waals surface area (Å²) in [6.45, 7) is 2.91. The van der Waals surface area contributed by atoms with Crippen LogP contribution in [0.4, 0.5) is 10.1 Å². The van der Waals surface area contributed by atoms with E-state index >= 15 is 0 Å². The maximum Gasteiger partial charge on any atom is 0.238 e. The SMILES string of the molecule is CC1c2cc(F)ccc2CCN1CC(=O)Nc1c(Cl)cccc1Cl. The zero-order chi connectivity index (χ0) is 17.3. The lowest BCUT2D eigenvalue weighted by atomic mass is 9.93. The Kier molecular flexibility index (Phi) is 5.09. The number of anilines is 1. The summed E-state index contributed by atoms with van der Waals surface area (Å²) in [4.78, 5) is 14.4. The minimum Gasteiger partial charge on any atom is -0.322 e. The number of amides is 1. The topological polar surface area (TPSA) is 32.3 Å². The van der Waals surface area contributed by atoms with E-state index in [0.717, 1.165) is 24.1 Å². The third-order valence-electron chi connectivity index (χ3n) is 4.35. The number of carbonyl (C=O) groups excluding carboxylic acids is 1. The predicted molar refractivity (Wildman–Crippen MR) is 95.2 cm³/mol. The van der Waals surface area contributed by atoms with Crippen LogP contribution < -0.4 is 5.32 Å². The highest BCUT2D eigenvalue weighted by Crippen LogP contribution is 2.31. The molecule has 3 nitrogen and oxygen atoms in total. The predicted octanol–water partition coefficient (Wildman–Crippen LogP) is 4.69. The van der Waals surface area contributed by atoms with Gasteiger partial charge in [0.1, 0.15) is 5.82 Å². The first-order chi connectivity index (χ1) is 11.5. The molecule has 1 N–H and O–H groups in total. The van der Waals surface area contributed by atoms with Gasteiger partial charge in [0.05, 0.1) is 22.3 Å². The number of hydrogen-bond donors (Lipinski definition) is 1. The quantitative estimate of drug-likeness (QED) is 0.854. The Hall–Kier alpha value is -1.62. The number of nitrogens with zero attached hydrogens (tertiary/aromatic N) is 1. The minimum absolute atomic E-state index is 0.0306. The van der Waals surface area contributed by atoms with E-state index in [-0.39, 0.29) is 24.3 Å². The molecule has 0 radical (unpaired) electrons. The Balaban J connectivity index is 1.71. The lowest BCUT2D eigenvalue weighted by molar-refractivity contribution is -0.117. The van der Waals surface area contributed by atoms with Crippen LogP contribution in [0.5, 0.6) is 0 Å². The highest BCUT2D eigenvalue weighted by atomic mass is 35.5.